The van der Waals surface area contributed by atoms with Crippen molar-refractivity contribution in [3.63, 3.8) is 0 Å². The number of ketones is 1. The molecule has 3 aromatic carbocycles. The highest BCUT2D eigenvalue weighted by molar-refractivity contribution is 6.15. The quantitative estimate of drug-likeness (QED) is 0.324. The zero-order valence-corrected chi connectivity index (χ0v) is 14.2. The fraction of sp³-hybridized carbons (Fsp3) is 0.0417. The van der Waals surface area contributed by atoms with Crippen LogP contribution < -0.4 is 0 Å². The fourth-order valence-corrected chi connectivity index (χ4v) is 2.79. The molecule has 0 heterocycles. The van der Waals surface area contributed by atoms with E-state index >= 15 is 0 Å². The predicted molar refractivity (Wildman–Crippen MR) is 106 cm³/mol. The molecule has 0 N–H and O–H groups in total. The molecule has 0 amide bonds. The predicted octanol–water partition coefficient (Wildman–Crippen LogP) is 5.90. The normalized spacial score (nSPS) is 12.0. The van der Waals surface area contributed by atoms with E-state index in [1.807, 2.05) is 66.7 Å². The van der Waals surface area contributed by atoms with E-state index in [-0.39, 0.29) is 5.78 Å². The van der Waals surface area contributed by atoms with Crippen LogP contribution in [-0.4, -0.2) is 5.78 Å². The number of benzene rings is 3. The Hall–Kier alpha value is -3.19. The standard InChI is InChI=1S/C24H20O/c1-19(25)17-23(21-13-7-3-8-14-21)24(22-15-9-4-10-16-22)18-20-11-5-2-6-12-20/h2-18H,1H3/b23-17+,24-18+. The summed E-state index contributed by atoms with van der Waals surface area (Å²) in [6.45, 7) is 1.59. The summed E-state index contributed by atoms with van der Waals surface area (Å²) in [5.41, 5.74) is 5.19. The first-order valence-electron chi connectivity index (χ1n) is 8.34. The van der Waals surface area contributed by atoms with Crippen LogP contribution in [0, 0.1) is 0 Å². The lowest BCUT2D eigenvalue weighted by atomic mass is 9.90. The molecule has 3 aromatic rings. The average Bonchev–Trinajstić information content (AvgIpc) is 2.66. The summed E-state index contributed by atoms with van der Waals surface area (Å²) in [7, 11) is 0. The lowest BCUT2D eigenvalue weighted by Crippen LogP contribution is -1.95. The largest absolute Gasteiger partial charge is 0.295 e. The zero-order valence-electron chi connectivity index (χ0n) is 14.2. The lowest BCUT2D eigenvalue weighted by Gasteiger charge is -2.14. The van der Waals surface area contributed by atoms with Crippen molar-refractivity contribution in [3.8, 4) is 0 Å². The molecule has 25 heavy (non-hydrogen) atoms. The second-order valence-electron chi connectivity index (χ2n) is 5.87. The van der Waals surface area contributed by atoms with E-state index in [1.54, 1.807) is 13.0 Å². The van der Waals surface area contributed by atoms with Crippen LogP contribution in [-0.2, 0) is 4.79 Å². The minimum atomic E-state index is 0.0359. The molecule has 1 heteroatoms. The zero-order chi connectivity index (χ0) is 17.5. The van der Waals surface area contributed by atoms with Gasteiger partial charge in [-0.2, -0.15) is 0 Å². The molecular formula is C24H20O. The maximum atomic E-state index is 11.9. The molecule has 0 aliphatic carbocycles. The number of hydrogen-bond acceptors (Lipinski definition) is 1. The van der Waals surface area contributed by atoms with Crippen molar-refractivity contribution in [2.24, 2.45) is 0 Å². The summed E-state index contributed by atoms with van der Waals surface area (Å²) in [5, 5.41) is 0. The molecule has 0 saturated heterocycles. The van der Waals surface area contributed by atoms with E-state index in [9.17, 15) is 4.79 Å². The Balaban J connectivity index is 2.21. The van der Waals surface area contributed by atoms with Gasteiger partial charge in [0.05, 0.1) is 0 Å². The van der Waals surface area contributed by atoms with Gasteiger partial charge in [0, 0.05) is 0 Å². The van der Waals surface area contributed by atoms with Crippen LogP contribution in [0.15, 0.2) is 97.1 Å². The molecule has 1 nitrogen and oxygen atoms in total. The maximum Gasteiger partial charge on any atom is 0.153 e. The van der Waals surface area contributed by atoms with Gasteiger partial charge in [0.1, 0.15) is 0 Å². The minimum Gasteiger partial charge on any atom is -0.295 e. The molecule has 3 rings (SSSR count). The highest BCUT2D eigenvalue weighted by Gasteiger charge is 2.11. The SMILES string of the molecule is CC(=O)/C=C(/C(=C/c1ccccc1)c1ccccc1)c1ccccc1. The number of carbonyl (C=O) groups excluding carboxylic acids is 1. The number of allylic oxidation sites excluding steroid dienone is 3. The summed E-state index contributed by atoms with van der Waals surface area (Å²) in [4.78, 5) is 11.9. The van der Waals surface area contributed by atoms with Crippen LogP contribution in [0.4, 0.5) is 0 Å². The summed E-state index contributed by atoms with van der Waals surface area (Å²) in [6.07, 6.45) is 3.86. The number of carbonyl (C=O) groups is 1. The highest BCUT2D eigenvalue weighted by Crippen LogP contribution is 2.33. The topological polar surface area (TPSA) is 17.1 Å². The van der Waals surface area contributed by atoms with Crippen LogP contribution in [0.2, 0.25) is 0 Å². The van der Waals surface area contributed by atoms with Gasteiger partial charge < -0.3 is 0 Å². The summed E-state index contributed by atoms with van der Waals surface area (Å²) >= 11 is 0. The van der Waals surface area contributed by atoms with Crippen molar-refractivity contribution in [1.82, 2.24) is 0 Å². The molecule has 122 valence electrons. The first-order valence-corrected chi connectivity index (χ1v) is 8.34. The Kier molecular flexibility index (Phi) is 5.38. The van der Waals surface area contributed by atoms with Crippen molar-refractivity contribution < 1.29 is 4.79 Å². The third-order valence-corrected chi connectivity index (χ3v) is 3.92. The maximum absolute atomic E-state index is 11.9. The third-order valence-electron chi connectivity index (χ3n) is 3.92. The number of hydrogen-bond donors (Lipinski definition) is 0. The molecule has 0 radical (unpaired) electrons. The molecule has 0 aromatic heterocycles. The van der Waals surface area contributed by atoms with Gasteiger partial charge in [-0.3, -0.25) is 4.79 Å². The highest BCUT2D eigenvalue weighted by atomic mass is 16.1. The van der Waals surface area contributed by atoms with Crippen LogP contribution in [0.25, 0.3) is 17.2 Å². The molecule has 0 atom stereocenters. The Morgan fingerprint density at radius 2 is 1.08 bits per heavy atom. The second-order valence-corrected chi connectivity index (χ2v) is 5.87. The van der Waals surface area contributed by atoms with Crippen LogP contribution in [0.3, 0.4) is 0 Å². The van der Waals surface area contributed by atoms with Crippen molar-refractivity contribution in [1.29, 1.82) is 0 Å². The Bertz CT molecular complexity index is 889. The second kappa shape index (κ2) is 8.07. The van der Waals surface area contributed by atoms with E-state index in [1.165, 1.54) is 0 Å². The van der Waals surface area contributed by atoms with Crippen molar-refractivity contribution in [2.75, 3.05) is 0 Å². The Labute approximate surface area is 149 Å². The molecule has 0 fully saturated rings. The molecule has 0 aliphatic heterocycles. The van der Waals surface area contributed by atoms with Crippen molar-refractivity contribution in [3.05, 3.63) is 114 Å². The van der Waals surface area contributed by atoms with Gasteiger partial charge in [-0.05, 0) is 46.9 Å². The van der Waals surface area contributed by atoms with E-state index < -0.39 is 0 Å². The molecule has 0 aliphatic rings. The van der Waals surface area contributed by atoms with E-state index in [0.29, 0.717) is 0 Å². The van der Waals surface area contributed by atoms with Crippen molar-refractivity contribution >= 4 is 23.0 Å². The van der Waals surface area contributed by atoms with Crippen LogP contribution in [0.1, 0.15) is 23.6 Å². The molecule has 0 saturated carbocycles. The van der Waals surface area contributed by atoms with Gasteiger partial charge in [0.2, 0.25) is 0 Å². The average molecular weight is 324 g/mol. The smallest absolute Gasteiger partial charge is 0.153 e. The van der Waals surface area contributed by atoms with Gasteiger partial charge in [0.25, 0.3) is 0 Å². The summed E-state index contributed by atoms with van der Waals surface area (Å²) in [5.74, 6) is 0.0359. The Morgan fingerprint density at radius 1 is 0.640 bits per heavy atom. The van der Waals surface area contributed by atoms with Gasteiger partial charge in [-0.25, -0.2) is 0 Å². The van der Waals surface area contributed by atoms with Gasteiger partial charge in [0.15, 0.2) is 5.78 Å². The van der Waals surface area contributed by atoms with E-state index in [0.717, 1.165) is 27.8 Å². The van der Waals surface area contributed by atoms with Gasteiger partial charge in [-0.15, -0.1) is 0 Å². The molecule has 0 spiro atoms. The first kappa shape index (κ1) is 16.7. The van der Waals surface area contributed by atoms with E-state index in [2.05, 4.69) is 30.3 Å². The third kappa shape index (κ3) is 4.42. The van der Waals surface area contributed by atoms with E-state index in [4.69, 9.17) is 0 Å². The fourth-order valence-electron chi connectivity index (χ4n) is 2.79. The van der Waals surface area contributed by atoms with Gasteiger partial charge >= 0.3 is 0 Å². The van der Waals surface area contributed by atoms with Crippen LogP contribution >= 0.6 is 0 Å². The Morgan fingerprint density at radius 3 is 1.56 bits per heavy atom. The molecule has 0 bridgehead atoms. The van der Waals surface area contributed by atoms with Crippen LogP contribution in [0.5, 0.6) is 0 Å². The first-order chi connectivity index (χ1) is 12.2. The number of rotatable bonds is 5. The minimum absolute atomic E-state index is 0.0359. The molecular weight excluding hydrogens is 304 g/mol. The summed E-state index contributed by atoms with van der Waals surface area (Å²) < 4.78 is 0. The molecule has 0 unspecified atom stereocenters. The summed E-state index contributed by atoms with van der Waals surface area (Å²) in [6, 6.07) is 30.4. The monoisotopic (exact) mass is 324 g/mol. The van der Waals surface area contributed by atoms with Gasteiger partial charge in [-0.1, -0.05) is 91.0 Å². The van der Waals surface area contributed by atoms with Crippen molar-refractivity contribution in [2.45, 2.75) is 6.92 Å². The lowest BCUT2D eigenvalue weighted by molar-refractivity contribution is -0.112.